The highest BCUT2D eigenvalue weighted by Crippen LogP contribution is 2.69. The summed E-state index contributed by atoms with van der Waals surface area (Å²) >= 11 is 0. The first-order valence-electron chi connectivity index (χ1n) is 11.7. The molecule has 0 aliphatic heterocycles. The normalized spacial score (nSPS) is 42.8. The molecular formula is C25H34O7. The number of hydrogen-bond acceptors (Lipinski definition) is 7. The molecule has 7 nitrogen and oxygen atoms in total. The third kappa shape index (κ3) is 3.18. The Bertz CT molecular complexity index is 891. The van der Waals surface area contributed by atoms with Gasteiger partial charge in [-0.15, -0.1) is 0 Å². The van der Waals surface area contributed by atoms with E-state index in [0.29, 0.717) is 32.1 Å². The van der Waals surface area contributed by atoms with Crippen molar-refractivity contribution < 1.29 is 33.8 Å². The number of fused-ring (bicyclic) bond motifs is 5. The lowest BCUT2D eigenvalue weighted by Crippen LogP contribution is -2.71. The number of aliphatic hydroxyl groups is 1. The molecule has 0 spiro atoms. The minimum absolute atomic E-state index is 0.0384. The van der Waals surface area contributed by atoms with E-state index in [4.69, 9.17) is 9.47 Å². The second-order valence-electron chi connectivity index (χ2n) is 10.6. The van der Waals surface area contributed by atoms with Crippen molar-refractivity contribution in [1.29, 1.82) is 0 Å². The van der Waals surface area contributed by atoms with Gasteiger partial charge in [-0.1, -0.05) is 12.5 Å². The van der Waals surface area contributed by atoms with Crippen molar-refractivity contribution >= 4 is 23.5 Å². The van der Waals surface area contributed by atoms with Gasteiger partial charge in [0.25, 0.3) is 0 Å². The summed E-state index contributed by atoms with van der Waals surface area (Å²) in [6, 6.07) is 0. The van der Waals surface area contributed by atoms with E-state index in [1.807, 2.05) is 6.92 Å². The molecule has 0 aromatic rings. The highest BCUT2D eigenvalue weighted by Gasteiger charge is 2.72. The molecule has 7 unspecified atom stereocenters. The van der Waals surface area contributed by atoms with Crippen LogP contribution < -0.4 is 0 Å². The average Bonchev–Trinajstić information content (AvgIpc) is 3.07. The molecule has 3 fully saturated rings. The van der Waals surface area contributed by atoms with Crippen molar-refractivity contribution in [2.75, 3.05) is 6.61 Å². The topological polar surface area (TPSA) is 107 Å². The molecule has 4 aliphatic carbocycles. The second kappa shape index (κ2) is 7.79. The van der Waals surface area contributed by atoms with Gasteiger partial charge < -0.3 is 14.6 Å². The molecule has 3 saturated carbocycles. The Balaban J connectivity index is 1.85. The van der Waals surface area contributed by atoms with Crippen molar-refractivity contribution in [2.45, 2.75) is 84.3 Å². The predicted octanol–water partition coefficient (Wildman–Crippen LogP) is 2.92. The number of esters is 2. The molecule has 176 valence electrons. The summed E-state index contributed by atoms with van der Waals surface area (Å²) in [6.45, 7) is 6.32. The zero-order valence-electron chi connectivity index (χ0n) is 19.4. The van der Waals surface area contributed by atoms with E-state index in [9.17, 15) is 24.3 Å². The van der Waals surface area contributed by atoms with Crippen LogP contribution in [0.25, 0.3) is 0 Å². The third-order valence-corrected chi connectivity index (χ3v) is 9.17. The van der Waals surface area contributed by atoms with Crippen LogP contribution in [0.4, 0.5) is 0 Å². The Morgan fingerprint density at radius 1 is 1.06 bits per heavy atom. The first-order chi connectivity index (χ1) is 15.0. The summed E-state index contributed by atoms with van der Waals surface area (Å²) < 4.78 is 11.3. The number of rotatable bonds is 4. The Labute approximate surface area is 188 Å². The smallest absolute Gasteiger partial charge is 0.303 e. The van der Waals surface area contributed by atoms with Crippen LogP contribution in [0.2, 0.25) is 0 Å². The van der Waals surface area contributed by atoms with Crippen molar-refractivity contribution in [2.24, 2.45) is 28.6 Å². The van der Waals surface area contributed by atoms with Crippen molar-refractivity contribution in [1.82, 2.24) is 0 Å². The van der Waals surface area contributed by atoms with E-state index < -0.39 is 34.5 Å². The molecule has 7 heteroatoms. The summed E-state index contributed by atoms with van der Waals surface area (Å²) in [5, 5.41) is 12.5. The van der Waals surface area contributed by atoms with Crippen LogP contribution in [-0.2, 0) is 28.7 Å². The fourth-order valence-electron chi connectivity index (χ4n) is 7.83. The van der Waals surface area contributed by atoms with Crippen LogP contribution in [0.15, 0.2) is 11.6 Å². The van der Waals surface area contributed by atoms with E-state index in [2.05, 4.69) is 0 Å². The summed E-state index contributed by atoms with van der Waals surface area (Å²) in [5.41, 5.74) is -1.78. The van der Waals surface area contributed by atoms with E-state index in [1.54, 1.807) is 13.0 Å². The molecule has 32 heavy (non-hydrogen) atoms. The number of Topliss-reactive ketones (excluding diaryl/α,β-unsaturated/α-hetero) is 1. The van der Waals surface area contributed by atoms with Gasteiger partial charge in [-0.3, -0.25) is 19.2 Å². The molecule has 0 bridgehead atoms. The van der Waals surface area contributed by atoms with Crippen molar-refractivity contribution in [3.8, 4) is 0 Å². The lowest BCUT2D eigenvalue weighted by atomic mass is 9.43. The first-order valence-corrected chi connectivity index (χ1v) is 11.7. The molecule has 0 saturated heterocycles. The minimum Gasteiger partial charge on any atom is -0.465 e. The Morgan fingerprint density at radius 2 is 1.78 bits per heavy atom. The summed E-state index contributed by atoms with van der Waals surface area (Å²) in [4.78, 5) is 48.8. The van der Waals surface area contributed by atoms with Crippen molar-refractivity contribution in [3.05, 3.63) is 11.6 Å². The molecule has 4 aliphatic rings. The lowest BCUT2D eigenvalue weighted by molar-refractivity contribution is -0.261. The van der Waals surface area contributed by atoms with Crippen LogP contribution in [0.5, 0.6) is 0 Å². The van der Waals surface area contributed by atoms with Crippen LogP contribution in [0, 0.1) is 28.6 Å². The molecular weight excluding hydrogens is 412 g/mol. The fourth-order valence-corrected chi connectivity index (χ4v) is 7.83. The Hall–Kier alpha value is -2.02. The third-order valence-electron chi connectivity index (χ3n) is 9.17. The zero-order valence-corrected chi connectivity index (χ0v) is 19.4. The Morgan fingerprint density at radius 3 is 2.41 bits per heavy atom. The minimum atomic E-state index is -1.35. The molecule has 4 rings (SSSR count). The highest BCUT2D eigenvalue weighted by molar-refractivity contribution is 5.91. The summed E-state index contributed by atoms with van der Waals surface area (Å²) in [7, 11) is 0. The largest absolute Gasteiger partial charge is 0.465 e. The molecule has 1 N–H and O–H groups in total. The van der Waals surface area contributed by atoms with Crippen LogP contribution in [0.1, 0.15) is 72.6 Å². The maximum atomic E-state index is 12.7. The van der Waals surface area contributed by atoms with E-state index in [0.717, 1.165) is 12.0 Å². The van der Waals surface area contributed by atoms with Gasteiger partial charge in [-0.05, 0) is 63.4 Å². The molecule has 0 amide bonds. The SMILES string of the molecule is CC(=O)OCC12CC(OC(C)=O)C3(O)C(CCC4=CC(=O)CCC43C)C1CCC2C(C)=O. The van der Waals surface area contributed by atoms with E-state index >= 15 is 0 Å². The number of ketones is 2. The van der Waals surface area contributed by atoms with Gasteiger partial charge in [0.15, 0.2) is 5.78 Å². The quantitative estimate of drug-likeness (QED) is 0.662. The molecule has 0 aromatic heterocycles. The highest BCUT2D eigenvalue weighted by atomic mass is 16.6. The molecule has 7 atom stereocenters. The first kappa shape index (κ1) is 23.1. The zero-order chi connectivity index (χ0) is 23.5. The summed E-state index contributed by atoms with van der Waals surface area (Å²) in [5.74, 6) is -1.37. The fraction of sp³-hybridized carbons (Fsp3) is 0.760. The maximum absolute atomic E-state index is 12.7. The number of hydrogen-bond donors (Lipinski definition) is 1. The van der Waals surface area contributed by atoms with Gasteiger partial charge in [-0.25, -0.2) is 0 Å². The average molecular weight is 447 g/mol. The van der Waals surface area contributed by atoms with Gasteiger partial charge >= 0.3 is 11.9 Å². The van der Waals surface area contributed by atoms with Gasteiger partial charge in [0, 0.05) is 37.0 Å². The van der Waals surface area contributed by atoms with Gasteiger partial charge in [-0.2, -0.15) is 0 Å². The lowest BCUT2D eigenvalue weighted by Gasteiger charge is -2.65. The maximum Gasteiger partial charge on any atom is 0.303 e. The molecule has 0 aromatic carbocycles. The van der Waals surface area contributed by atoms with Crippen molar-refractivity contribution in [3.63, 3.8) is 0 Å². The number of carbonyl (C=O) groups excluding carboxylic acids is 4. The predicted molar refractivity (Wildman–Crippen MR) is 114 cm³/mol. The van der Waals surface area contributed by atoms with Gasteiger partial charge in [0.2, 0.25) is 0 Å². The molecule has 0 heterocycles. The number of carbonyl (C=O) groups is 4. The van der Waals surface area contributed by atoms with Gasteiger partial charge in [0.05, 0.1) is 6.61 Å². The Kier molecular flexibility index (Phi) is 5.63. The van der Waals surface area contributed by atoms with E-state index in [-0.39, 0.29) is 42.3 Å². The second-order valence-corrected chi connectivity index (χ2v) is 10.6. The van der Waals surface area contributed by atoms with Gasteiger partial charge in [0.1, 0.15) is 17.5 Å². The van der Waals surface area contributed by atoms with Crippen LogP contribution >= 0.6 is 0 Å². The standard InChI is InChI=1S/C25H34O7/c1-14(26)19-7-8-20-21-6-5-17-11-18(29)9-10-23(17,4)25(21,30)22(32-16(3)28)12-24(19,20)13-31-15(2)27/h11,19-22,30H,5-10,12-13H2,1-4H3. The van der Waals surface area contributed by atoms with E-state index in [1.165, 1.54) is 13.8 Å². The number of ether oxygens (including phenoxy) is 2. The van der Waals surface area contributed by atoms with Crippen LogP contribution in [0.3, 0.4) is 0 Å². The molecule has 0 radical (unpaired) electrons. The monoisotopic (exact) mass is 446 g/mol. The summed E-state index contributed by atoms with van der Waals surface area (Å²) in [6.07, 6.45) is 4.68. The van der Waals surface area contributed by atoms with Crippen LogP contribution in [-0.4, -0.2) is 46.9 Å².